The van der Waals surface area contributed by atoms with E-state index in [4.69, 9.17) is 0 Å². The second-order valence-electron chi connectivity index (χ2n) is 5.46. The van der Waals surface area contributed by atoms with E-state index in [-0.39, 0.29) is 17.5 Å². The van der Waals surface area contributed by atoms with Crippen LogP contribution < -0.4 is 5.69 Å². The molecular formula is C14H14N6O2. The fourth-order valence-corrected chi connectivity index (χ4v) is 2.74. The lowest BCUT2D eigenvalue weighted by Crippen LogP contribution is -2.49. The Kier molecular flexibility index (Phi) is 2.65. The van der Waals surface area contributed by atoms with Gasteiger partial charge in [0, 0.05) is 20.1 Å². The lowest BCUT2D eigenvalue weighted by molar-refractivity contribution is 0.0580. The van der Waals surface area contributed by atoms with E-state index in [2.05, 4.69) is 20.2 Å². The highest BCUT2D eigenvalue weighted by atomic mass is 16.2. The van der Waals surface area contributed by atoms with E-state index in [1.165, 1.54) is 4.57 Å². The quantitative estimate of drug-likeness (QED) is 0.707. The molecule has 1 aliphatic heterocycles. The number of carbonyl (C=O) groups is 1. The number of amides is 1. The van der Waals surface area contributed by atoms with E-state index in [1.807, 2.05) is 24.3 Å². The number of H-pyrrole nitrogens is 2. The number of nitrogens with zero attached hydrogens (tertiary/aromatic N) is 4. The summed E-state index contributed by atoms with van der Waals surface area (Å²) in [7, 11) is 1.67. The van der Waals surface area contributed by atoms with Crippen LogP contribution in [0, 0.1) is 0 Å². The van der Waals surface area contributed by atoms with Crippen LogP contribution >= 0.6 is 0 Å². The van der Waals surface area contributed by atoms with Crippen LogP contribution in [-0.2, 0) is 7.05 Å². The summed E-state index contributed by atoms with van der Waals surface area (Å²) in [4.78, 5) is 32.8. The highest BCUT2D eigenvalue weighted by molar-refractivity contribution is 5.94. The maximum Gasteiger partial charge on any atom is 0.343 e. The largest absolute Gasteiger partial charge is 0.343 e. The third kappa shape index (κ3) is 1.84. The van der Waals surface area contributed by atoms with Crippen LogP contribution in [-0.4, -0.2) is 48.6 Å². The van der Waals surface area contributed by atoms with Gasteiger partial charge in [-0.05, 0) is 12.1 Å². The first-order valence-electron chi connectivity index (χ1n) is 6.99. The second kappa shape index (κ2) is 4.55. The van der Waals surface area contributed by atoms with E-state index in [0.717, 1.165) is 11.0 Å². The van der Waals surface area contributed by atoms with Crippen molar-refractivity contribution in [3.63, 3.8) is 0 Å². The molecule has 3 aromatic rings. The first-order chi connectivity index (χ1) is 10.6. The molecule has 0 atom stereocenters. The van der Waals surface area contributed by atoms with Crippen molar-refractivity contribution in [2.75, 3.05) is 13.1 Å². The second-order valence-corrected chi connectivity index (χ2v) is 5.46. The number of carbonyl (C=O) groups excluding carboxylic acids is 1. The first kappa shape index (κ1) is 12.8. The number of benzene rings is 1. The normalized spacial score (nSPS) is 15.2. The smallest absolute Gasteiger partial charge is 0.334 e. The van der Waals surface area contributed by atoms with Gasteiger partial charge in [0.25, 0.3) is 5.91 Å². The van der Waals surface area contributed by atoms with Gasteiger partial charge in [-0.1, -0.05) is 12.1 Å². The number of para-hydroxylation sites is 2. The average Bonchev–Trinajstić information content (AvgIpc) is 3.04. The summed E-state index contributed by atoms with van der Waals surface area (Å²) < 4.78 is 1.48. The molecule has 1 saturated heterocycles. The van der Waals surface area contributed by atoms with E-state index >= 15 is 0 Å². The average molecular weight is 298 g/mol. The highest BCUT2D eigenvalue weighted by Gasteiger charge is 2.36. The number of aromatic amines is 2. The zero-order valence-corrected chi connectivity index (χ0v) is 11.9. The molecule has 0 spiro atoms. The zero-order chi connectivity index (χ0) is 15.3. The van der Waals surface area contributed by atoms with Gasteiger partial charge in [0.2, 0.25) is 0 Å². The Morgan fingerprint density at radius 2 is 2.09 bits per heavy atom. The van der Waals surface area contributed by atoms with Crippen molar-refractivity contribution in [1.82, 2.24) is 29.6 Å². The van der Waals surface area contributed by atoms with Gasteiger partial charge in [-0.3, -0.25) is 9.36 Å². The van der Waals surface area contributed by atoms with Crippen LogP contribution in [0.5, 0.6) is 0 Å². The SMILES string of the molecule is Cn1c(C2CN(C(=O)c3nc4ccccc4[nH]3)C2)n[nH]c1=O. The Morgan fingerprint density at radius 1 is 1.32 bits per heavy atom. The lowest BCUT2D eigenvalue weighted by atomic mass is 9.99. The van der Waals surface area contributed by atoms with Crippen LogP contribution in [0.1, 0.15) is 22.4 Å². The molecular weight excluding hydrogens is 284 g/mol. The number of fused-ring (bicyclic) bond motifs is 1. The van der Waals surface area contributed by atoms with Crippen molar-refractivity contribution >= 4 is 16.9 Å². The molecule has 22 heavy (non-hydrogen) atoms. The minimum absolute atomic E-state index is 0.0808. The minimum atomic E-state index is -0.239. The number of likely N-dealkylation sites (tertiary alicyclic amines) is 1. The predicted molar refractivity (Wildman–Crippen MR) is 78.6 cm³/mol. The molecule has 8 nitrogen and oxygen atoms in total. The van der Waals surface area contributed by atoms with Crippen molar-refractivity contribution < 1.29 is 4.79 Å². The van der Waals surface area contributed by atoms with Gasteiger partial charge >= 0.3 is 5.69 Å². The van der Waals surface area contributed by atoms with Gasteiger partial charge in [0.1, 0.15) is 5.82 Å². The molecule has 1 fully saturated rings. The number of rotatable bonds is 2. The maximum absolute atomic E-state index is 12.4. The minimum Gasteiger partial charge on any atom is -0.334 e. The molecule has 0 radical (unpaired) electrons. The number of aromatic nitrogens is 5. The Morgan fingerprint density at radius 3 is 2.77 bits per heavy atom. The standard InChI is InChI=1S/C14H14N6O2/c1-19-12(17-18-14(19)22)8-6-20(7-8)13(21)11-15-9-4-2-3-5-10(9)16-11/h2-5,8H,6-7H2,1H3,(H,15,16)(H,18,22). The first-order valence-corrected chi connectivity index (χ1v) is 6.99. The Bertz CT molecular complexity index is 882. The van der Waals surface area contributed by atoms with Crippen molar-refractivity contribution in [2.24, 2.45) is 7.05 Å². The number of hydrogen-bond acceptors (Lipinski definition) is 4. The van der Waals surface area contributed by atoms with Crippen molar-refractivity contribution in [1.29, 1.82) is 0 Å². The maximum atomic E-state index is 12.4. The summed E-state index contributed by atoms with van der Waals surface area (Å²) in [6.45, 7) is 1.07. The molecule has 1 aliphatic rings. The predicted octanol–water partition coefficient (Wildman–Crippen LogP) is 0.224. The van der Waals surface area contributed by atoms with Gasteiger partial charge in [-0.2, -0.15) is 5.10 Å². The molecule has 1 amide bonds. The molecule has 8 heteroatoms. The van der Waals surface area contributed by atoms with E-state index in [1.54, 1.807) is 11.9 Å². The molecule has 0 unspecified atom stereocenters. The number of nitrogens with one attached hydrogen (secondary N) is 2. The van der Waals surface area contributed by atoms with E-state index in [0.29, 0.717) is 24.7 Å². The van der Waals surface area contributed by atoms with Crippen LogP contribution in [0.2, 0.25) is 0 Å². The van der Waals surface area contributed by atoms with Gasteiger partial charge in [0.05, 0.1) is 17.0 Å². The fraction of sp³-hybridized carbons (Fsp3) is 0.286. The topological polar surface area (TPSA) is 99.7 Å². The Labute approximate surface area is 124 Å². The number of hydrogen-bond donors (Lipinski definition) is 2. The molecule has 2 aromatic heterocycles. The van der Waals surface area contributed by atoms with Crippen molar-refractivity contribution in [3.05, 3.63) is 46.4 Å². The molecule has 0 saturated carbocycles. The third-order valence-corrected chi connectivity index (χ3v) is 4.04. The molecule has 3 heterocycles. The van der Waals surface area contributed by atoms with Gasteiger partial charge in [-0.25, -0.2) is 14.9 Å². The molecule has 0 aliphatic carbocycles. The Hall–Kier alpha value is -2.90. The molecule has 4 rings (SSSR count). The molecule has 2 N–H and O–H groups in total. The summed E-state index contributed by atoms with van der Waals surface area (Å²) in [6, 6.07) is 7.53. The summed E-state index contributed by atoms with van der Waals surface area (Å²) in [5.41, 5.74) is 1.38. The summed E-state index contributed by atoms with van der Waals surface area (Å²) >= 11 is 0. The summed E-state index contributed by atoms with van der Waals surface area (Å²) in [6.07, 6.45) is 0. The zero-order valence-electron chi connectivity index (χ0n) is 11.9. The molecule has 112 valence electrons. The van der Waals surface area contributed by atoms with E-state index in [9.17, 15) is 9.59 Å². The van der Waals surface area contributed by atoms with Crippen LogP contribution in [0.3, 0.4) is 0 Å². The van der Waals surface area contributed by atoms with Crippen molar-refractivity contribution in [3.8, 4) is 0 Å². The highest BCUT2D eigenvalue weighted by Crippen LogP contribution is 2.26. The van der Waals surface area contributed by atoms with Gasteiger partial charge in [0.15, 0.2) is 5.82 Å². The number of imidazole rings is 1. The van der Waals surface area contributed by atoms with Gasteiger partial charge < -0.3 is 9.88 Å². The van der Waals surface area contributed by atoms with E-state index < -0.39 is 0 Å². The van der Waals surface area contributed by atoms with Crippen LogP contribution in [0.15, 0.2) is 29.1 Å². The Balaban J connectivity index is 1.51. The lowest BCUT2D eigenvalue weighted by Gasteiger charge is -2.37. The monoisotopic (exact) mass is 298 g/mol. The third-order valence-electron chi connectivity index (χ3n) is 4.04. The molecule has 0 bridgehead atoms. The summed E-state index contributed by atoms with van der Waals surface area (Å²) in [5.74, 6) is 0.972. The fourth-order valence-electron chi connectivity index (χ4n) is 2.74. The van der Waals surface area contributed by atoms with Crippen molar-refractivity contribution in [2.45, 2.75) is 5.92 Å². The van der Waals surface area contributed by atoms with Crippen LogP contribution in [0.25, 0.3) is 11.0 Å². The van der Waals surface area contributed by atoms with Gasteiger partial charge in [-0.15, -0.1) is 0 Å². The summed E-state index contributed by atoms with van der Waals surface area (Å²) in [5, 5.41) is 6.42. The molecule has 1 aromatic carbocycles. The van der Waals surface area contributed by atoms with Crippen LogP contribution in [0.4, 0.5) is 0 Å².